The summed E-state index contributed by atoms with van der Waals surface area (Å²) in [6.07, 6.45) is 3.44. The van der Waals surface area contributed by atoms with E-state index in [1.807, 2.05) is 24.0 Å². The van der Waals surface area contributed by atoms with Gasteiger partial charge >= 0.3 is 0 Å². The number of thiazole rings is 1. The first-order valence-electron chi connectivity index (χ1n) is 9.64. The maximum Gasteiger partial charge on any atom is 0.273 e. The third kappa shape index (κ3) is 3.04. The standard InChI is InChI=1S/C19H22N6O2S/c1-12-16(21-18(28-12)14-3-2-10-27-14)19(26)24-7-4-13(5-8-24)17-23-22-15-11-20-6-9-25(15)17/h2-3,10,13,20H,4-9,11H2,1H3. The van der Waals surface area contributed by atoms with Gasteiger partial charge in [0.05, 0.1) is 12.8 Å². The molecule has 3 aromatic heterocycles. The quantitative estimate of drug-likeness (QED) is 0.729. The highest BCUT2D eigenvalue weighted by molar-refractivity contribution is 7.15. The lowest BCUT2D eigenvalue weighted by Crippen LogP contribution is -2.39. The molecule has 2 aliphatic heterocycles. The molecule has 1 N–H and O–H groups in total. The molecule has 1 saturated heterocycles. The Morgan fingerprint density at radius 1 is 1.29 bits per heavy atom. The van der Waals surface area contributed by atoms with Crippen LogP contribution >= 0.6 is 11.3 Å². The average molecular weight is 398 g/mol. The largest absolute Gasteiger partial charge is 0.462 e. The summed E-state index contributed by atoms with van der Waals surface area (Å²) in [4.78, 5) is 20.4. The van der Waals surface area contributed by atoms with Crippen LogP contribution in [0.1, 0.15) is 45.8 Å². The van der Waals surface area contributed by atoms with E-state index in [9.17, 15) is 4.79 Å². The van der Waals surface area contributed by atoms with E-state index in [2.05, 4.69) is 25.1 Å². The van der Waals surface area contributed by atoms with Gasteiger partial charge in [-0.2, -0.15) is 0 Å². The Labute approximate surface area is 166 Å². The van der Waals surface area contributed by atoms with Crippen molar-refractivity contribution in [2.24, 2.45) is 0 Å². The summed E-state index contributed by atoms with van der Waals surface area (Å²) in [5.41, 5.74) is 0.542. The molecule has 0 saturated carbocycles. The zero-order chi connectivity index (χ0) is 19.1. The number of fused-ring (bicyclic) bond motifs is 1. The van der Waals surface area contributed by atoms with Crippen molar-refractivity contribution in [3.05, 3.63) is 40.6 Å². The second kappa shape index (κ2) is 7.14. The van der Waals surface area contributed by atoms with Crippen LogP contribution in [0.5, 0.6) is 0 Å². The smallest absolute Gasteiger partial charge is 0.273 e. The number of aryl methyl sites for hydroxylation is 1. The molecule has 28 heavy (non-hydrogen) atoms. The van der Waals surface area contributed by atoms with Crippen molar-refractivity contribution < 1.29 is 9.21 Å². The SMILES string of the molecule is Cc1sc(-c2ccco2)nc1C(=O)N1CCC(c2nnc3n2CCNC3)CC1. The first-order valence-corrected chi connectivity index (χ1v) is 10.5. The summed E-state index contributed by atoms with van der Waals surface area (Å²) in [6, 6.07) is 3.70. The van der Waals surface area contributed by atoms with Crippen LogP contribution in [0, 0.1) is 6.92 Å². The van der Waals surface area contributed by atoms with Crippen molar-refractivity contribution in [3.8, 4) is 10.8 Å². The molecule has 0 aliphatic carbocycles. The van der Waals surface area contributed by atoms with E-state index in [1.165, 1.54) is 11.3 Å². The Bertz CT molecular complexity index is 984. The lowest BCUT2D eigenvalue weighted by atomic mass is 9.95. The van der Waals surface area contributed by atoms with Gasteiger partial charge in [0.25, 0.3) is 5.91 Å². The van der Waals surface area contributed by atoms with Gasteiger partial charge in [-0.25, -0.2) is 4.98 Å². The minimum Gasteiger partial charge on any atom is -0.462 e. The summed E-state index contributed by atoms with van der Waals surface area (Å²) in [5.74, 6) is 3.17. The van der Waals surface area contributed by atoms with Gasteiger partial charge in [0.1, 0.15) is 17.3 Å². The first kappa shape index (κ1) is 17.6. The fraction of sp³-hybridized carbons (Fsp3) is 0.474. The molecule has 3 aromatic rings. The molecular weight excluding hydrogens is 376 g/mol. The molecule has 1 fully saturated rings. The van der Waals surface area contributed by atoms with Crippen molar-refractivity contribution in [3.63, 3.8) is 0 Å². The molecule has 0 atom stereocenters. The van der Waals surface area contributed by atoms with Crippen LogP contribution in [-0.4, -0.2) is 50.2 Å². The van der Waals surface area contributed by atoms with Gasteiger partial charge in [0.2, 0.25) is 0 Å². The van der Waals surface area contributed by atoms with Crippen molar-refractivity contribution in [1.82, 2.24) is 30.0 Å². The molecule has 2 aliphatic rings. The van der Waals surface area contributed by atoms with Crippen molar-refractivity contribution >= 4 is 17.2 Å². The maximum atomic E-state index is 13.0. The molecule has 0 unspecified atom stereocenters. The summed E-state index contributed by atoms with van der Waals surface area (Å²) >= 11 is 1.50. The van der Waals surface area contributed by atoms with Gasteiger partial charge < -0.3 is 19.2 Å². The molecule has 0 bridgehead atoms. The maximum absolute atomic E-state index is 13.0. The van der Waals surface area contributed by atoms with E-state index in [0.29, 0.717) is 17.4 Å². The number of nitrogens with one attached hydrogen (secondary N) is 1. The van der Waals surface area contributed by atoms with E-state index in [4.69, 9.17) is 4.42 Å². The summed E-state index contributed by atoms with van der Waals surface area (Å²) in [5, 5.41) is 12.8. The predicted octanol–water partition coefficient (Wildman–Crippen LogP) is 2.43. The van der Waals surface area contributed by atoms with Crippen LogP contribution in [0.4, 0.5) is 0 Å². The number of amides is 1. The van der Waals surface area contributed by atoms with Crippen molar-refractivity contribution in [2.45, 2.75) is 38.8 Å². The Morgan fingerprint density at radius 2 is 2.14 bits per heavy atom. The Balaban J connectivity index is 1.28. The number of likely N-dealkylation sites (tertiary alicyclic amines) is 1. The highest BCUT2D eigenvalue weighted by Gasteiger charge is 2.30. The molecule has 8 nitrogen and oxygen atoms in total. The van der Waals surface area contributed by atoms with E-state index in [-0.39, 0.29) is 5.91 Å². The lowest BCUT2D eigenvalue weighted by Gasteiger charge is -2.31. The van der Waals surface area contributed by atoms with Crippen LogP contribution in [0.15, 0.2) is 22.8 Å². The van der Waals surface area contributed by atoms with Crippen molar-refractivity contribution in [1.29, 1.82) is 0 Å². The van der Waals surface area contributed by atoms with Crippen LogP contribution in [0.3, 0.4) is 0 Å². The van der Waals surface area contributed by atoms with Gasteiger partial charge in [-0.1, -0.05) is 0 Å². The predicted molar refractivity (Wildman–Crippen MR) is 104 cm³/mol. The minimum absolute atomic E-state index is 0.0116. The highest BCUT2D eigenvalue weighted by Crippen LogP contribution is 2.31. The van der Waals surface area contributed by atoms with Gasteiger partial charge in [-0.15, -0.1) is 21.5 Å². The minimum atomic E-state index is 0.0116. The van der Waals surface area contributed by atoms with Crippen LogP contribution in [0.25, 0.3) is 10.8 Å². The Hall–Kier alpha value is -2.52. The van der Waals surface area contributed by atoms with Crippen LogP contribution in [0.2, 0.25) is 0 Å². The number of carbonyl (C=O) groups is 1. The van der Waals surface area contributed by atoms with Gasteiger partial charge in [-0.3, -0.25) is 4.79 Å². The van der Waals surface area contributed by atoms with Crippen LogP contribution in [-0.2, 0) is 13.1 Å². The Morgan fingerprint density at radius 3 is 2.93 bits per heavy atom. The summed E-state index contributed by atoms with van der Waals surface area (Å²) in [6.45, 7) is 6.04. The number of hydrogen-bond donors (Lipinski definition) is 1. The molecule has 1 amide bonds. The molecule has 0 spiro atoms. The number of carbonyl (C=O) groups excluding carboxylic acids is 1. The summed E-state index contributed by atoms with van der Waals surface area (Å²) < 4.78 is 7.67. The average Bonchev–Trinajstić information content (AvgIpc) is 3.47. The molecule has 5 heterocycles. The molecule has 5 rings (SSSR count). The molecule has 0 radical (unpaired) electrons. The lowest BCUT2D eigenvalue weighted by molar-refractivity contribution is 0.0704. The molecule has 0 aromatic carbocycles. The second-order valence-electron chi connectivity index (χ2n) is 7.27. The van der Waals surface area contributed by atoms with E-state index in [0.717, 1.165) is 67.1 Å². The molecule has 146 valence electrons. The number of rotatable bonds is 3. The fourth-order valence-electron chi connectivity index (χ4n) is 4.01. The fourth-order valence-corrected chi connectivity index (χ4v) is 4.88. The second-order valence-corrected chi connectivity index (χ2v) is 8.47. The van der Waals surface area contributed by atoms with E-state index in [1.54, 1.807) is 6.26 Å². The number of aromatic nitrogens is 4. The van der Waals surface area contributed by atoms with Crippen molar-refractivity contribution in [2.75, 3.05) is 19.6 Å². The van der Waals surface area contributed by atoms with Gasteiger partial charge in [0.15, 0.2) is 10.8 Å². The normalized spacial score (nSPS) is 17.7. The monoisotopic (exact) mass is 398 g/mol. The number of nitrogens with zero attached hydrogens (tertiary/aromatic N) is 5. The number of piperidine rings is 1. The van der Waals surface area contributed by atoms with Gasteiger partial charge in [0, 0.05) is 37.0 Å². The van der Waals surface area contributed by atoms with E-state index >= 15 is 0 Å². The van der Waals surface area contributed by atoms with Gasteiger partial charge in [-0.05, 0) is 31.9 Å². The third-order valence-corrected chi connectivity index (χ3v) is 6.52. The zero-order valence-electron chi connectivity index (χ0n) is 15.7. The Kier molecular flexibility index (Phi) is 4.48. The number of furan rings is 1. The highest BCUT2D eigenvalue weighted by atomic mass is 32.1. The summed E-state index contributed by atoms with van der Waals surface area (Å²) in [7, 11) is 0. The molecule has 9 heteroatoms. The third-order valence-electron chi connectivity index (χ3n) is 5.53. The van der Waals surface area contributed by atoms with Crippen LogP contribution < -0.4 is 5.32 Å². The topological polar surface area (TPSA) is 89.1 Å². The first-order chi connectivity index (χ1) is 13.7. The number of hydrogen-bond acceptors (Lipinski definition) is 7. The molecular formula is C19H22N6O2S. The van der Waals surface area contributed by atoms with E-state index < -0.39 is 0 Å². The zero-order valence-corrected chi connectivity index (χ0v) is 16.5.